The van der Waals surface area contributed by atoms with Crippen molar-refractivity contribution in [2.45, 2.75) is 13.3 Å². The van der Waals surface area contributed by atoms with Gasteiger partial charge < -0.3 is 15.3 Å². The number of aliphatic hydroxyl groups is 1. The highest BCUT2D eigenvalue weighted by atomic mass is 16.3. The van der Waals surface area contributed by atoms with Gasteiger partial charge in [0.25, 0.3) is 0 Å². The predicted molar refractivity (Wildman–Crippen MR) is 50.2 cm³/mol. The van der Waals surface area contributed by atoms with E-state index in [-0.39, 0.29) is 0 Å². The molecule has 0 saturated carbocycles. The van der Waals surface area contributed by atoms with E-state index in [0.717, 1.165) is 39.1 Å². The summed E-state index contributed by atoms with van der Waals surface area (Å²) >= 11 is 0. The third-order valence-corrected chi connectivity index (χ3v) is 2.40. The van der Waals surface area contributed by atoms with E-state index in [1.54, 1.807) is 0 Å². The van der Waals surface area contributed by atoms with Crippen molar-refractivity contribution in [2.24, 2.45) is 5.92 Å². The summed E-state index contributed by atoms with van der Waals surface area (Å²) in [4.78, 5) is 2.47. The Morgan fingerprint density at radius 2 is 2.08 bits per heavy atom. The highest BCUT2D eigenvalue weighted by Crippen LogP contribution is 2.04. The van der Waals surface area contributed by atoms with Gasteiger partial charge in [-0.05, 0) is 12.3 Å². The van der Waals surface area contributed by atoms with Gasteiger partial charge in [0.1, 0.15) is 0 Å². The fourth-order valence-corrected chi connectivity index (χ4v) is 1.65. The van der Waals surface area contributed by atoms with Gasteiger partial charge in [-0.2, -0.15) is 0 Å². The van der Waals surface area contributed by atoms with Gasteiger partial charge in [-0.3, -0.25) is 0 Å². The zero-order valence-electron chi connectivity index (χ0n) is 7.92. The molecule has 3 heteroatoms. The molecule has 0 aromatic carbocycles. The molecule has 0 aliphatic carbocycles. The lowest BCUT2D eigenvalue weighted by Gasteiger charge is -2.29. The minimum Gasteiger partial charge on any atom is -0.396 e. The smallest absolute Gasteiger partial charge is 0.0434 e. The Bertz CT molecular complexity index is 113. The first-order valence-electron chi connectivity index (χ1n) is 4.87. The van der Waals surface area contributed by atoms with Crippen LogP contribution in [0.4, 0.5) is 0 Å². The Morgan fingerprint density at radius 1 is 1.42 bits per heavy atom. The number of nitrogens with one attached hydrogen (secondary N) is 1. The number of piperazine rings is 1. The molecule has 12 heavy (non-hydrogen) atoms. The van der Waals surface area contributed by atoms with Crippen LogP contribution in [0.15, 0.2) is 0 Å². The SMILES string of the molecule is CC(CCO)CN1CCNCC1. The highest BCUT2D eigenvalue weighted by molar-refractivity contribution is 4.69. The molecule has 2 N–H and O–H groups in total. The summed E-state index contributed by atoms with van der Waals surface area (Å²) in [7, 11) is 0. The van der Waals surface area contributed by atoms with Crippen LogP contribution in [-0.4, -0.2) is 49.3 Å². The molecule has 1 atom stereocenters. The number of rotatable bonds is 4. The summed E-state index contributed by atoms with van der Waals surface area (Å²) in [6, 6.07) is 0. The van der Waals surface area contributed by atoms with Gasteiger partial charge in [0.15, 0.2) is 0 Å². The van der Waals surface area contributed by atoms with Crippen LogP contribution in [0.5, 0.6) is 0 Å². The second-order valence-corrected chi connectivity index (χ2v) is 3.67. The zero-order chi connectivity index (χ0) is 8.81. The van der Waals surface area contributed by atoms with Gasteiger partial charge in [-0.1, -0.05) is 6.92 Å². The summed E-state index contributed by atoms with van der Waals surface area (Å²) < 4.78 is 0. The summed E-state index contributed by atoms with van der Waals surface area (Å²) in [5.74, 6) is 0.632. The van der Waals surface area contributed by atoms with E-state index in [2.05, 4.69) is 17.1 Å². The maximum atomic E-state index is 8.74. The van der Waals surface area contributed by atoms with Crippen molar-refractivity contribution < 1.29 is 5.11 Å². The van der Waals surface area contributed by atoms with Crippen LogP contribution in [0.3, 0.4) is 0 Å². The van der Waals surface area contributed by atoms with Gasteiger partial charge in [-0.15, -0.1) is 0 Å². The molecule has 0 spiro atoms. The third-order valence-electron chi connectivity index (χ3n) is 2.40. The predicted octanol–water partition coefficient (Wildman–Crippen LogP) is -0.0899. The molecule has 0 bridgehead atoms. The monoisotopic (exact) mass is 172 g/mol. The number of hydrogen-bond acceptors (Lipinski definition) is 3. The fraction of sp³-hybridized carbons (Fsp3) is 1.00. The lowest BCUT2D eigenvalue weighted by Crippen LogP contribution is -2.45. The van der Waals surface area contributed by atoms with Gasteiger partial charge in [-0.25, -0.2) is 0 Å². The molecule has 0 aromatic rings. The van der Waals surface area contributed by atoms with E-state index in [0.29, 0.717) is 12.5 Å². The van der Waals surface area contributed by atoms with Gasteiger partial charge in [0.2, 0.25) is 0 Å². The topological polar surface area (TPSA) is 35.5 Å². The lowest BCUT2D eigenvalue weighted by atomic mass is 10.1. The minimum atomic E-state index is 0.327. The molecule has 1 saturated heterocycles. The molecule has 1 unspecified atom stereocenters. The summed E-state index contributed by atoms with van der Waals surface area (Å²) in [6.07, 6.45) is 0.934. The highest BCUT2D eigenvalue weighted by Gasteiger charge is 2.12. The van der Waals surface area contributed by atoms with E-state index in [1.807, 2.05) is 0 Å². The average Bonchev–Trinajstić information content (AvgIpc) is 2.06. The number of aliphatic hydroxyl groups excluding tert-OH is 1. The first kappa shape index (κ1) is 9.96. The van der Waals surface area contributed by atoms with Crippen LogP contribution in [-0.2, 0) is 0 Å². The Labute approximate surface area is 74.8 Å². The average molecular weight is 172 g/mol. The molecule has 3 nitrogen and oxygen atoms in total. The molecule has 0 radical (unpaired) electrons. The summed E-state index contributed by atoms with van der Waals surface area (Å²) in [5, 5.41) is 12.1. The van der Waals surface area contributed by atoms with Crippen LogP contribution in [0.2, 0.25) is 0 Å². The molecule has 1 fully saturated rings. The molecular formula is C9H20N2O. The van der Waals surface area contributed by atoms with Crippen LogP contribution in [0, 0.1) is 5.92 Å². The van der Waals surface area contributed by atoms with Crippen LogP contribution in [0.25, 0.3) is 0 Å². The third kappa shape index (κ3) is 3.52. The van der Waals surface area contributed by atoms with Crippen molar-refractivity contribution in [3.8, 4) is 0 Å². The molecule has 1 aliphatic heterocycles. The Hall–Kier alpha value is -0.120. The maximum Gasteiger partial charge on any atom is 0.0434 e. The standard InChI is InChI=1S/C9H20N2O/c1-9(2-7-12)8-11-5-3-10-4-6-11/h9-10,12H,2-8H2,1H3. The van der Waals surface area contributed by atoms with Crippen LogP contribution >= 0.6 is 0 Å². The van der Waals surface area contributed by atoms with E-state index in [4.69, 9.17) is 5.11 Å². The number of hydrogen-bond donors (Lipinski definition) is 2. The maximum absolute atomic E-state index is 8.74. The van der Waals surface area contributed by atoms with E-state index in [9.17, 15) is 0 Å². The van der Waals surface area contributed by atoms with E-state index < -0.39 is 0 Å². The lowest BCUT2D eigenvalue weighted by molar-refractivity contribution is 0.186. The van der Waals surface area contributed by atoms with E-state index in [1.165, 1.54) is 0 Å². The molecule has 1 aliphatic rings. The van der Waals surface area contributed by atoms with Crippen molar-refractivity contribution in [2.75, 3.05) is 39.3 Å². The van der Waals surface area contributed by atoms with Crippen LogP contribution < -0.4 is 5.32 Å². The zero-order valence-corrected chi connectivity index (χ0v) is 7.92. The van der Waals surface area contributed by atoms with Crippen LogP contribution in [0.1, 0.15) is 13.3 Å². The van der Waals surface area contributed by atoms with Crippen molar-refractivity contribution in [1.29, 1.82) is 0 Å². The summed E-state index contributed by atoms with van der Waals surface area (Å²) in [6.45, 7) is 8.23. The summed E-state index contributed by atoms with van der Waals surface area (Å²) in [5.41, 5.74) is 0. The molecule has 72 valence electrons. The fourth-order valence-electron chi connectivity index (χ4n) is 1.65. The molecule has 1 heterocycles. The largest absolute Gasteiger partial charge is 0.396 e. The van der Waals surface area contributed by atoms with E-state index >= 15 is 0 Å². The quantitative estimate of drug-likeness (QED) is 0.622. The Morgan fingerprint density at radius 3 is 2.67 bits per heavy atom. The second kappa shape index (κ2) is 5.51. The minimum absolute atomic E-state index is 0.327. The molecule has 0 amide bonds. The molecular weight excluding hydrogens is 152 g/mol. The molecule has 0 aromatic heterocycles. The number of nitrogens with zero attached hydrogens (tertiary/aromatic N) is 1. The van der Waals surface area contributed by atoms with Gasteiger partial charge in [0.05, 0.1) is 0 Å². The second-order valence-electron chi connectivity index (χ2n) is 3.67. The van der Waals surface area contributed by atoms with Gasteiger partial charge >= 0.3 is 0 Å². The first-order chi connectivity index (χ1) is 5.83. The Balaban J connectivity index is 2.11. The van der Waals surface area contributed by atoms with Gasteiger partial charge in [0, 0.05) is 39.3 Å². The van der Waals surface area contributed by atoms with Crippen molar-refractivity contribution in [3.05, 3.63) is 0 Å². The van der Waals surface area contributed by atoms with Crippen molar-refractivity contribution in [1.82, 2.24) is 10.2 Å². The van der Waals surface area contributed by atoms with Crippen molar-refractivity contribution >= 4 is 0 Å². The Kier molecular flexibility index (Phi) is 4.58. The normalized spacial score (nSPS) is 22.5. The first-order valence-corrected chi connectivity index (χ1v) is 4.87. The van der Waals surface area contributed by atoms with Crippen molar-refractivity contribution in [3.63, 3.8) is 0 Å². The molecule has 1 rings (SSSR count).